The Kier molecular flexibility index (Phi) is 5.65. The molecule has 0 saturated carbocycles. The Balaban J connectivity index is 1.99. The third-order valence-corrected chi connectivity index (χ3v) is 3.66. The van der Waals surface area contributed by atoms with Crippen LogP contribution >= 0.6 is 11.6 Å². The van der Waals surface area contributed by atoms with Gasteiger partial charge < -0.3 is 24.9 Å². The summed E-state index contributed by atoms with van der Waals surface area (Å²) in [4.78, 5) is 12.0. The van der Waals surface area contributed by atoms with Crippen molar-refractivity contribution in [2.75, 3.05) is 19.0 Å². The highest BCUT2D eigenvalue weighted by atomic mass is 35.5. The Labute approximate surface area is 139 Å². The molecular formula is C16H19ClN2O4. The molecule has 23 heavy (non-hydrogen) atoms. The fraction of sp³-hybridized carbons (Fsp3) is 0.312. The zero-order valence-electron chi connectivity index (χ0n) is 12.9. The summed E-state index contributed by atoms with van der Waals surface area (Å²) in [6.45, 7) is 1.83. The molecular weight excluding hydrogens is 320 g/mol. The van der Waals surface area contributed by atoms with Crippen LogP contribution in [-0.2, 0) is 16.9 Å². The van der Waals surface area contributed by atoms with E-state index < -0.39 is 11.6 Å². The largest absolute Gasteiger partial charge is 0.466 e. The second-order valence-electron chi connectivity index (χ2n) is 5.26. The van der Waals surface area contributed by atoms with E-state index >= 15 is 0 Å². The summed E-state index contributed by atoms with van der Waals surface area (Å²) >= 11 is 6.10. The normalized spacial score (nSPS) is 13.4. The summed E-state index contributed by atoms with van der Waals surface area (Å²) in [6.07, 6.45) is 1.47. The molecule has 1 atom stereocenters. The van der Waals surface area contributed by atoms with E-state index in [1.807, 2.05) is 0 Å². The molecule has 1 aromatic carbocycles. The van der Waals surface area contributed by atoms with Gasteiger partial charge in [-0.25, -0.2) is 4.79 Å². The van der Waals surface area contributed by atoms with Gasteiger partial charge in [-0.1, -0.05) is 17.7 Å². The number of hydrogen-bond donors (Lipinski definition) is 3. The summed E-state index contributed by atoms with van der Waals surface area (Å²) in [5, 5.41) is 16.1. The molecule has 2 rings (SSSR count). The van der Waals surface area contributed by atoms with Crippen LogP contribution in [0.2, 0.25) is 5.02 Å². The summed E-state index contributed by atoms with van der Waals surface area (Å²) in [5.74, 6) is 0.376. The van der Waals surface area contributed by atoms with Crippen LogP contribution in [0.4, 0.5) is 10.5 Å². The summed E-state index contributed by atoms with van der Waals surface area (Å²) in [6, 6.07) is 8.04. The standard InChI is InChI=1S/C16H19ClN2O4/c1-16(21,14-7-4-8-23-14)10-18-15(20)19-13-6-3-5-12(17)11(13)9-22-2/h3-8,21H,9-10H2,1-2H3,(H2,18,19,20). The first-order valence-electron chi connectivity index (χ1n) is 7.01. The molecule has 2 aromatic rings. The predicted molar refractivity (Wildman–Crippen MR) is 87.5 cm³/mol. The smallest absolute Gasteiger partial charge is 0.319 e. The first kappa shape index (κ1) is 17.3. The second-order valence-corrected chi connectivity index (χ2v) is 5.66. The van der Waals surface area contributed by atoms with Crippen molar-refractivity contribution in [3.8, 4) is 0 Å². The molecule has 2 amide bonds. The molecule has 0 aliphatic rings. The lowest BCUT2D eigenvalue weighted by molar-refractivity contribution is 0.0372. The number of carbonyl (C=O) groups excluding carboxylic acids is 1. The lowest BCUT2D eigenvalue weighted by Gasteiger charge is -2.21. The molecule has 7 heteroatoms. The van der Waals surface area contributed by atoms with Crippen LogP contribution in [0.25, 0.3) is 0 Å². The molecule has 3 N–H and O–H groups in total. The highest BCUT2D eigenvalue weighted by Crippen LogP contribution is 2.25. The Hall–Kier alpha value is -2.02. The molecule has 1 aromatic heterocycles. The van der Waals surface area contributed by atoms with Crippen molar-refractivity contribution in [2.24, 2.45) is 0 Å². The van der Waals surface area contributed by atoms with E-state index in [0.29, 0.717) is 22.0 Å². The van der Waals surface area contributed by atoms with Gasteiger partial charge in [0.15, 0.2) is 0 Å². The van der Waals surface area contributed by atoms with Gasteiger partial charge in [0.05, 0.1) is 19.4 Å². The van der Waals surface area contributed by atoms with Gasteiger partial charge in [-0.15, -0.1) is 0 Å². The van der Waals surface area contributed by atoms with E-state index in [1.165, 1.54) is 6.26 Å². The molecule has 1 unspecified atom stereocenters. The number of urea groups is 1. The number of nitrogens with one attached hydrogen (secondary N) is 2. The van der Waals surface area contributed by atoms with Crippen molar-refractivity contribution in [1.29, 1.82) is 0 Å². The quantitative estimate of drug-likeness (QED) is 0.755. The van der Waals surface area contributed by atoms with Crippen LogP contribution in [-0.4, -0.2) is 24.8 Å². The minimum absolute atomic E-state index is 0.00742. The third-order valence-electron chi connectivity index (χ3n) is 3.30. The fourth-order valence-corrected chi connectivity index (χ4v) is 2.29. The second kappa shape index (κ2) is 7.50. The third kappa shape index (κ3) is 4.48. The van der Waals surface area contributed by atoms with Gasteiger partial charge in [0.2, 0.25) is 0 Å². The number of furan rings is 1. The van der Waals surface area contributed by atoms with Crippen molar-refractivity contribution in [3.05, 3.63) is 52.9 Å². The van der Waals surface area contributed by atoms with Gasteiger partial charge >= 0.3 is 6.03 Å². The van der Waals surface area contributed by atoms with Crippen LogP contribution in [0.5, 0.6) is 0 Å². The zero-order chi connectivity index (χ0) is 16.9. The first-order chi connectivity index (χ1) is 10.9. The number of anilines is 1. The molecule has 1 heterocycles. The number of aliphatic hydroxyl groups is 1. The number of rotatable bonds is 6. The minimum Gasteiger partial charge on any atom is -0.466 e. The number of hydrogen-bond acceptors (Lipinski definition) is 4. The maximum absolute atomic E-state index is 12.0. The maximum atomic E-state index is 12.0. The Morgan fingerprint density at radius 1 is 1.39 bits per heavy atom. The summed E-state index contributed by atoms with van der Waals surface area (Å²) < 4.78 is 10.2. The van der Waals surface area contributed by atoms with E-state index in [0.717, 1.165) is 0 Å². The number of methoxy groups -OCH3 is 1. The summed E-state index contributed by atoms with van der Waals surface area (Å²) in [5.41, 5.74) is -0.0658. The van der Waals surface area contributed by atoms with Crippen LogP contribution in [0.3, 0.4) is 0 Å². The number of carbonyl (C=O) groups is 1. The molecule has 0 bridgehead atoms. The first-order valence-corrected chi connectivity index (χ1v) is 7.39. The maximum Gasteiger partial charge on any atom is 0.319 e. The molecule has 0 saturated heterocycles. The van der Waals surface area contributed by atoms with Crippen molar-refractivity contribution < 1.29 is 19.1 Å². The Morgan fingerprint density at radius 2 is 2.17 bits per heavy atom. The Bertz CT molecular complexity index is 656. The van der Waals surface area contributed by atoms with E-state index in [-0.39, 0.29) is 13.2 Å². The van der Waals surface area contributed by atoms with Crippen molar-refractivity contribution in [3.63, 3.8) is 0 Å². The molecule has 6 nitrogen and oxygen atoms in total. The predicted octanol–water partition coefficient (Wildman–Crippen LogP) is 3.11. The van der Waals surface area contributed by atoms with Crippen molar-refractivity contribution in [1.82, 2.24) is 5.32 Å². The molecule has 0 radical (unpaired) electrons. The highest BCUT2D eigenvalue weighted by Gasteiger charge is 2.26. The van der Waals surface area contributed by atoms with E-state index in [2.05, 4.69) is 10.6 Å². The molecule has 0 fully saturated rings. The average molecular weight is 339 g/mol. The van der Waals surface area contributed by atoms with Gasteiger partial charge in [-0.05, 0) is 31.2 Å². The van der Waals surface area contributed by atoms with Gasteiger partial charge in [0.1, 0.15) is 11.4 Å². The van der Waals surface area contributed by atoms with E-state index in [9.17, 15) is 9.90 Å². The zero-order valence-corrected chi connectivity index (χ0v) is 13.7. The SMILES string of the molecule is COCc1c(Cl)cccc1NC(=O)NCC(C)(O)c1ccco1. The van der Waals surface area contributed by atoms with Crippen molar-refractivity contribution >= 4 is 23.3 Å². The number of halogens is 1. The van der Waals surface area contributed by atoms with Crippen LogP contribution in [0.1, 0.15) is 18.2 Å². The minimum atomic E-state index is -1.30. The number of amides is 2. The van der Waals surface area contributed by atoms with E-state index in [1.54, 1.807) is 44.4 Å². The number of ether oxygens (including phenoxy) is 1. The van der Waals surface area contributed by atoms with Crippen molar-refractivity contribution in [2.45, 2.75) is 19.1 Å². The summed E-state index contributed by atoms with van der Waals surface area (Å²) in [7, 11) is 1.55. The lowest BCUT2D eigenvalue weighted by atomic mass is 10.0. The molecule has 124 valence electrons. The van der Waals surface area contributed by atoms with Gasteiger partial charge in [-0.3, -0.25) is 0 Å². The van der Waals surface area contributed by atoms with E-state index in [4.69, 9.17) is 20.8 Å². The van der Waals surface area contributed by atoms with Gasteiger partial charge in [0, 0.05) is 23.4 Å². The van der Waals surface area contributed by atoms with Gasteiger partial charge in [-0.2, -0.15) is 0 Å². The van der Waals surface area contributed by atoms with Gasteiger partial charge in [0.25, 0.3) is 0 Å². The van der Waals surface area contributed by atoms with Crippen LogP contribution in [0.15, 0.2) is 41.0 Å². The topological polar surface area (TPSA) is 83.7 Å². The lowest BCUT2D eigenvalue weighted by Crippen LogP contribution is -2.40. The highest BCUT2D eigenvalue weighted by molar-refractivity contribution is 6.31. The molecule has 0 spiro atoms. The average Bonchev–Trinajstić information content (AvgIpc) is 3.04. The van der Waals surface area contributed by atoms with Crippen LogP contribution < -0.4 is 10.6 Å². The Morgan fingerprint density at radius 3 is 2.83 bits per heavy atom. The monoisotopic (exact) mass is 338 g/mol. The molecule has 0 aliphatic carbocycles. The fourth-order valence-electron chi connectivity index (χ4n) is 2.06. The van der Waals surface area contributed by atoms with Crippen LogP contribution in [0, 0.1) is 0 Å². The number of benzene rings is 1. The molecule has 0 aliphatic heterocycles.